The maximum absolute atomic E-state index is 12.1. The van der Waals surface area contributed by atoms with Gasteiger partial charge in [-0.25, -0.2) is 0 Å². The van der Waals surface area contributed by atoms with Crippen molar-refractivity contribution < 1.29 is 9.72 Å². The van der Waals surface area contributed by atoms with Crippen molar-refractivity contribution in [2.75, 3.05) is 6.54 Å². The molecule has 0 atom stereocenters. The van der Waals surface area contributed by atoms with Crippen molar-refractivity contribution in [3.05, 3.63) is 39.9 Å². The molecule has 0 aliphatic heterocycles. The molecule has 1 aromatic rings. The third-order valence-electron chi connectivity index (χ3n) is 3.81. The van der Waals surface area contributed by atoms with E-state index >= 15 is 0 Å². The van der Waals surface area contributed by atoms with E-state index in [4.69, 9.17) is 5.73 Å². The average Bonchev–Trinajstić information content (AvgIpc) is 2.36. The van der Waals surface area contributed by atoms with E-state index in [0.29, 0.717) is 12.1 Å². The van der Waals surface area contributed by atoms with Gasteiger partial charge in [-0.15, -0.1) is 0 Å². The predicted octanol–water partition coefficient (Wildman–Crippen LogP) is 1.34. The van der Waals surface area contributed by atoms with E-state index in [9.17, 15) is 14.9 Å². The van der Waals surface area contributed by atoms with Gasteiger partial charge in [-0.1, -0.05) is 24.6 Å². The highest BCUT2D eigenvalue weighted by atomic mass is 16.6. The first kappa shape index (κ1) is 13.5. The predicted molar refractivity (Wildman–Crippen MR) is 70.3 cm³/mol. The monoisotopic (exact) mass is 263 g/mol. The fourth-order valence-corrected chi connectivity index (χ4v) is 2.33. The second kappa shape index (κ2) is 5.36. The summed E-state index contributed by atoms with van der Waals surface area (Å²) in [5.74, 6) is -0.0978. The van der Waals surface area contributed by atoms with Gasteiger partial charge < -0.3 is 11.1 Å². The molecular weight excluding hydrogens is 246 g/mol. The van der Waals surface area contributed by atoms with E-state index in [1.807, 2.05) is 0 Å². The molecule has 0 spiro atoms. The van der Waals surface area contributed by atoms with Crippen LogP contribution in [0.2, 0.25) is 0 Å². The smallest absolute Gasteiger partial charge is 0.274 e. The van der Waals surface area contributed by atoms with Crippen LogP contribution in [0.5, 0.6) is 0 Å². The molecule has 0 saturated heterocycles. The highest BCUT2D eigenvalue weighted by Crippen LogP contribution is 2.40. The molecule has 2 rings (SSSR count). The van der Waals surface area contributed by atoms with Crippen molar-refractivity contribution in [3.8, 4) is 0 Å². The van der Waals surface area contributed by atoms with Crippen LogP contribution in [0.15, 0.2) is 24.3 Å². The van der Waals surface area contributed by atoms with E-state index in [1.54, 1.807) is 18.2 Å². The summed E-state index contributed by atoms with van der Waals surface area (Å²) in [7, 11) is 0. The summed E-state index contributed by atoms with van der Waals surface area (Å²) >= 11 is 0. The minimum atomic E-state index is -0.455. The van der Waals surface area contributed by atoms with Crippen molar-refractivity contribution in [3.63, 3.8) is 0 Å². The number of hydrogen-bond donors (Lipinski definition) is 2. The molecule has 1 aliphatic rings. The molecule has 6 heteroatoms. The van der Waals surface area contributed by atoms with E-state index in [0.717, 1.165) is 19.3 Å². The number of benzene rings is 1. The fourth-order valence-electron chi connectivity index (χ4n) is 2.33. The van der Waals surface area contributed by atoms with E-state index < -0.39 is 10.3 Å². The summed E-state index contributed by atoms with van der Waals surface area (Å²) in [6.45, 7) is 0.494. The Bertz CT molecular complexity index is 492. The van der Waals surface area contributed by atoms with Crippen LogP contribution in [0.1, 0.15) is 24.8 Å². The minimum Gasteiger partial charge on any atom is -0.351 e. The molecule has 1 amide bonds. The third-order valence-corrected chi connectivity index (χ3v) is 3.81. The van der Waals surface area contributed by atoms with Gasteiger partial charge in [0.25, 0.3) is 5.69 Å². The fraction of sp³-hybridized carbons (Fsp3) is 0.462. The van der Waals surface area contributed by atoms with Gasteiger partial charge in [-0.3, -0.25) is 14.9 Å². The molecule has 1 aromatic carbocycles. The first-order valence-corrected chi connectivity index (χ1v) is 6.30. The zero-order chi connectivity index (χ0) is 13.9. The Labute approximate surface area is 111 Å². The zero-order valence-corrected chi connectivity index (χ0v) is 10.6. The molecule has 3 N–H and O–H groups in total. The molecule has 0 heterocycles. The first-order valence-electron chi connectivity index (χ1n) is 6.30. The average molecular weight is 263 g/mol. The Balaban J connectivity index is 2.03. The van der Waals surface area contributed by atoms with Crippen LogP contribution in [0.3, 0.4) is 0 Å². The van der Waals surface area contributed by atoms with Gasteiger partial charge in [0.2, 0.25) is 5.91 Å². The van der Waals surface area contributed by atoms with Crippen molar-refractivity contribution in [1.82, 2.24) is 5.32 Å². The number of nitrogens with two attached hydrogens (primary N) is 1. The molecule has 19 heavy (non-hydrogen) atoms. The lowest BCUT2D eigenvalue weighted by Crippen LogP contribution is -2.50. The molecule has 0 aromatic heterocycles. The van der Waals surface area contributed by atoms with Crippen LogP contribution < -0.4 is 11.1 Å². The molecule has 1 aliphatic carbocycles. The van der Waals surface area contributed by atoms with E-state index in [-0.39, 0.29) is 18.1 Å². The summed E-state index contributed by atoms with van der Waals surface area (Å²) in [5, 5.41) is 13.6. The Morgan fingerprint density at radius 1 is 1.42 bits per heavy atom. The molecule has 0 bridgehead atoms. The maximum atomic E-state index is 12.1. The molecule has 0 unspecified atom stereocenters. The van der Waals surface area contributed by atoms with Crippen molar-refractivity contribution >= 4 is 11.6 Å². The highest BCUT2D eigenvalue weighted by molar-refractivity contribution is 5.83. The zero-order valence-electron chi connectivity index (χ0n) is 10.6. The van der Waals surface area contributed by atoms with Gasteiger partial charge in [0.15, 0.2) is 0 Å². The summed E-state index contributed by atoms with van der Waals surface area (Å²) in [6, 6.07) is 6.41. The van der Waals surface area contributed by atoms with Crippen LogP contribution in [-0.4, -0.2) is 17.4 Å². The molecule has 1 fully saturated rings. The van der Waals surface area contributed by atoms with Crippen LogP contribution in [-0.2, 0) is 11.3 Å². The number of nitrogens with one attached hydrogen (secondary N) is 1. The van der Waals surface area contributed by atoms with Gasteiger partial charge in [-0.05, 0) is 12.8 Å². The number of amides is 1. The molecule has 6 nitrogen and oxygen atoms in total. The standard InChI is InChI=1S/C13H17N3O3/c14-9-13(6-3-7-13)12(17)15-8-10-4-1-2-5-11(10)16(18)19/h1-2,4-5H,3,6-9,14H2,(H,15,17). The number of nitro groups is 1. The molecule has 0 radical (unpaired) electrons. The number of rotatable bonds is 5. The van der Waals surface area contributed by atoms with Gasteiger partial charge in [-0.2, -0.15) is 0 Å². The molecular formula is C13H17N3O3. The van der Waals surface area contributed by atoms with Crippen LogP contribution >= 0.6 is 0 Å². The van der Waals surface area contributed by atoms with Crippen LogP contribution in [0.25, 0.3) is 0 Å². The van der Waals surface area contributed by atoms with Gasteiger partial charge in [0.1, 0.15) is 0 Å². The van der Waals surface area contributed by atoms with Crippen LogP contribution in [0, 0.1) is 15.5 Å². The number of hydrogen-bond acceptors (Lipinski definition) is 4. The lowest BCUT2D eigenvalue weighted by Gasteiger charge is -2.39. The van der Waals surface area contributed by atoms with E-state index in [1.165, 1.54) is 6.07 Å². The first-order chi connectivity index (χ1) is 9.09. The number of carbonyl (C=O) groups is 1. The Kier molecular flexibility index (Phi) is 3.80. The molecule has 102 valence electrons. The second-order valence-corrected chi connectivity index (χ2v) is 4.91. The van der Waals surface area contributed by atoms with Gasteiger partial charge in [0.05, 0.1) is 10.3 Å². The summed E-state index contributed by atoms with van der Waals surface area (Å²) in [5.41, 5.74) is 5.73. The Morgan fingerprint density at radius 2 is 2.11 bits per heavy atom. The number of nitro benzene ring substituents is 1. The summed E-state index contributed by atoms with van der Waals surface area (Å²) < 4.78 is 0. The topological polar surface area (TPSA) is 98.3 Å². The maximum Gasteiger partial charge on any atom is 0.274 e. The van der Waals surface area contributed by atoms with Crippen LogP contribution in [0.4, 0.5) is 5.69 Å². The highest BCUT2D eigenvalue weighted by Gasteiger charge is 2.42. The summed E-state index contributed by atoms with van der Waals surface area (Å²) in [4.78, 5) is 22.5. The number of nitrogens with zero attached hydrogens (tertiary/aromatic N) is 1. The Hall–Kier alpha value is -1.95. The van der Waals surface area contributed by atoms with Crippen molar-refractivity contribution in [2.24, 2.45) is 11.1 Å². The summed E-state index contributed by atoms with van der Waals surface area (Å²) in [6.07, 6.45) is 2.61. The SMILES string of the molecule is NCC1(C(=O)NCc2ccccc2[N+](=O)[O-])CCC1. The normalized spacial score (nSPS) is 16.5. The van der Waals surface area contributed by atoms with Crippen molar-refractivity contribution in [2.45, 2.75) is 25.8 Å². The van der Waals surface area contributed by atoms with Gasteiger partial charge >= 0.3 is 0 Å². The van der Waals surface area contributed by atoms with Crippen molar-refractivity contribution in [1.29, 1.82) is 0 Å². The molecule has 1 saturated carbocycles. The number of para-hydroxylation sites is 1. The largest absolute Gasteiger partial charge is 0.351 e. The number of carbonyl (C=O) groups excluding carboxylic acids is 1. The lowest BCUT2D eigenvalue weighted by atomic mass is 9.68. The Morgan fingerprint density at radius 3 is 2.63 bits per heavy atom. The quantitative estimate of drug-likeness (QED) is 0.618. The van der Waals surface area contributed by atoms with E-state index in [2.05, 4.69) is 5.32 Å². The third kappa shape index (κ3) is 2.58. The van der Waals surface area contributed by atoms with Gasteiger partial charge in [0, 0.05) is 24.7 Å². The minimum absolute atomic E-state index is 0.0261. The lowest BCUT2D eigenvalue weighted by molar-refractivity contribution is -0.385. The second-order valence-electron chi connectivity index (χ2n) is 4.91.